The maximum absolute atomic E-state index is 12.9. The Bertz CT molecular complexity index is 849. The molecule has 0 saturated heterocycles. The van der Waals surface area contributed by atoms with E-state index in [1.54, 1.807) is 0 Å². The van der Waals surface area contributed by atoms with Gasteiger partial charge in [0.25, 0.3) is 0 Å². The second-order valence-corrected chi connectivity index (χ2v) is 6.73. The first-order valence-electron chi connectivity index (χ1n) is 8.86. The highest BCUT2D eigenvalue weighted by atomic mass is 19.4. The summed E-state index contributed by atoms with van der Waals surface area (Å²) >= 11 is 0. The molecule has 0 saturated carbocycles. The van der Waals surface area contributed by atoms with Crippen molar-refractivity contribution in [2.24, 2.45) is 5.92 Å². The number of carbonyl (C=O) groups is 2. The largest absolute Gasteiger partial charge is 0.464 e. The highest BCUT2D eigenvalue weighted by Gasteiger charge is 2.30. The number of oxazole rings is 1. The van der Waals surface area contributed by atoms with Crippen molar-refractivity contribution < 1.29 is 31.9 Å². The van der Waals surface area contributed by atoms with Crippen molar-refractivity contribution in [1.82, 2.24) is 9.88 Å². The second-order valence-electron chi connectivity index (χ2n) is 6.73. The van der Waals surface area contributed by atoms with Gasteiger partial charge in [0.1, 0.15) is 6.26 Å². The van der Waals surface area contributed by atoms with Crippen LogP contribution in [0.2, 0.25) is 0 Å². The van der Waals surface area contributed by atoms with E-state index in [1.807, 2.05) is 13.8 Å². The van der Waals surface area contributed by atoms with E-state index in [2.05, 4.69) is 15.0 Å². The molecule has 1 aromatic heterocycles. The summed E-state index contributed by atoms with van der Waals surface area (Å²) in [6, 6.07) is 3.76. The zero-order valence-corrected chi connectivity index (χ0v) is 16.2. The molecule has 1 aromatic carbocycles. The smallest absolute Gasteiger partial charge is 0.416 e. The molecule has 1 N–H and O–H groups in total. The molecule has 2 aromatic rings. The van der Waals surface area contributed by atoms with E-state index in [0.717, 1.165) is 18.4 Å². The lowest BCUT2D eigenvalue weighted by Gasteiger charge is -2.23. The molecule has 0 atom stereocenters. The number of urea groups is 1. The molecule has 0 fully saturated rings. The summed E-state index contributed by atoms with van der Waals surface area (Å²) < 4.78 is 48.4. The lowest BCUT2D eigenvalue weighted by atomic mass is 10.1. The standard InChI is InChI=1S/C19H22F3N3O4/c1-12(2)7-8-25(10-16-24-15(11-29-16)17(26)28-3)18(27)23-14-6-4-5-13(9-14)19(20,21)22/h4-6,9,11-12H,7-8,10H2,1-3H3,(H,23,27). The van der Waals surface area contributed by atoms with Crippen LogP contribution < -0.4 is 5.32 Å². The molecule has 7 nitrogen and oxygen atoms in total. The van der Waals surface area contributed by atoms with Gasteiger partial charge in [-0.3, -0.25) is 0 Å². The fourth-order valence-electron chi connectivity index (χ4n) is 2.39. The molecule has 0 aliphatic heterocycles. The fraction of sp³-hybridized carbons (Fsp3) is 0.421. The Hall–Kier alpha value is -3.04. The van der Waals surface area contributed by atoms with Crippen LogP contribution in [0.3, 0.4) is 0 Å². The first-order valence-corrected chi connectivity index (χ1v) is 8.86. The van der Waals surface area contributed by atoms with E-state index in [9.17, 15) is 22.8 Å². The van der Waals surface area contributed by atoms with Gasteiger partial charge in [-0.25, -0.2) is 14.6 Å². The Morgan fingerprint density at radius 3 is 2.66 bits per heavy atom. The minimum atomic E-state index is -4.51. The summed E-state index contributed by atoms with van der Waals surface area (Å²) in [5.74, 6) is -0.287. The number of hydrogen-bond acceptors (Lipinski definition) is 5. The number of hydrogen-bond donors (Lipinski definition) is 1. The Balaban J connectivity index is 2.15. The predicted molar refractivity (Wildman–Crippen MR) is 98.2 cm³/mol. The third-order valence-electron chi connectivity index (χ3n) is 3.98. The van der Waals surface area contributed by atoms with Gasteiger partial charge in [0.05, 0.1) is 19.2 Å². The lowest BCUT2D eigenvalue weighted by Crippen LogP contribution is -2.36. The first kappa shape index (κ1) is 22.3. The molecule has 158 valence electrons. The van der Waals surface area contributed by atoms with Crippen LogP contribution in [0.5, 0.6) is 0 Å². The maximum atomic E-state index is 12.9. The Kier molecular flexibility index (Phi) is 7.24. The van der Waals surface area contributed by atoms with E-state index in [0.29, 0.717) is 13.0 Å². The summed E-state index contributed by atoms with van der Waals surface area (Å²) in [6.45, 7) is 4.21. The van der Waals surface area contributed by atoms with Gasteiger partial charge in [0.2, 0.25) is 5.89 Å². The molecule has 2 amide bonds. The minimum absolute atomic E-state index is 0.0158. The fourth-order valence-corrected chi connectivity index (χ4v) is 2.39. The molecule has 0 radical (unpaired) electrons. The molecule has 0 spiro atoms. The molecular formula is C19H22F3N3O4. The molecule has 29 heavy (non-hydrogen) atoms. The quantitative estimate of drug-likeness (QED) is 0.673. The van der Waals surface area contributed by atoms with Gasteiger partial charge in [-0.1, -0.05) is 19.9 Å². The number of alkyl halides is 3. The molecule has 0 aliphatic carbocycles. The van der Waals surface area contributed by atoms with E-state index >= 15 is 0 Å². The van der Waals surface area contributed by atoms with E-state index < -0.39 is 23.7 Å². The topological polar surface area (TPSA) is 84.7 Å². The number of rotatable bonds is 7. The number of carbonyl (C=O) groups excluding carboxylic acids is 2. The van der Waals surface area contributed by atoms with Crippen LogP contribution in [0.4, 0.5) is 23.7 Å². The van der Waals surface area contributed by atoms with Crippen LogP contribution in [-0.4, -0.2) is 35.5 Å². The van der Waals surface area contributed by atoms with Gasteiger partial charge in [-0.15, -0.1) is 0 Å². The third-order valence-corrected chi connectivity index (χ3v) is 3.98. The van der Waals surface area contributed by atoms with Crippen LogP contribution >= 0.6 is 0 Å². The average molecular weight is 413 g/mol. The average Bonchev–Trinajstić information content (AvgIpc) is 3.12. The molecule has 1 heterocycles. The van der Waals surface area contributed by atoms with Crippen molar-refractivity contribution in [1.29, 1.82) is 0 Å². The normalized spacial score (nSPS) is 11.4. The summed E-state index contributed by atoms with van der Waals surface area (Å²) in [5, 5.41) is 2.47. The summed E-state index contributed by atoms with van der Waals surface area (Å²) in [5.41, 5.74) is -0.883. The summed E-state index contributed by atoms with van der Waals surface area (Å²) in [6.07, 6.45) is -2.74. The second kappa shape index (κ2) is 9.44. The van der Waals surface area contributed by atoms with Crippen molar-refractivity contribution >= 4 is 17.7 Å². The van der Waals surface area contributed by atoms with Crippen LogP contribution in [0, 0.1) is 5.92 Å². The molecule has 0 aliphatic rings. The van der Waals surface area contributed by atoms with Gasteiger partial charge < -0.3 is 19.4 Å². The highest BCUT2D eigenvalue weighted by molar-refractivity contribution is 5.89. The van der Waals surface area contributed by atoms with Crippen LogP contribution in [0.1, 0.15) is 42.2 Å². The summed E-state index contributed by atoms with van der Waals surface area (Å²) in [7, 11) is 1.20. The summed E-state index contributed by atoms with van der Waals surface area (Å²) in [4.78, 5) is 29.5. The van der Waals surface area contributed by atoms with Crippen molar-refractivity contribution in [3.63, 3.8) is 0 Å². The number of anilines is 1. The van der Waals surface area contributed by atoms with Crippen LogP contribution in [0.25, 0.3) is 0 Å². The van der Waals surface area contributed by atoms with Gasteiger partial charge in [-0.2, -0.15) is 13.2 Å². The van der Waals surface area contributed by atoms with Gasteiger partial charge in [0.15, 0.2) is 5.69 Å². The Labute approximate surface area is 165 Å². The molecule has 0 unspecified atom stereocenters. The van der Waals surface area contributed by atoms with Crippen molar-refractivity contribution in [2.75, 3.05) is 19.0 Å². The van der Waals surface area contributed by atoms with E-state index in [4.69, 9.17) is 4.42 Å². The maximum Gasteiger partial charge on any atom is 0.416 e. The number of halogens is 3. The van der Waals surface area contributed by atoms with Gasteiger partial charge in [0, 0.05) is 12.2 Å². The predicted octanol–water partition coefficient (Wildman–Crippen LogP) is 4.56. The van der Waals surface area contributed by atoms with Crippen LogP contribution in [-0.2, 0) is 17.5 Å². The van der Waals surface area contributed by atoms with Gasteiger partial charge in [-0.05, 0) is 30.5 Å². The van der Waals surface area contributed by atoms with Gasteiger partial charge >= 0.3 is 18.2 Å². The SMILES string of the molecule is COC(=O)c1coc(CN(CCC(C)C)C(=O)Nc2cccc(C(F)(F)F)c2)n1. The number of amides is 2. The van der Waals surface area contributed by atoms with Crippen LogP contribution in [0.15, 0.2) is 34.9 Å². The van der Waals surface area contributed by atoms with Crippen molar-refractivity contribution in [2.45, 2.75) is 33.0 Å². The van der Waals surface area contributed by atoms with E-state index in [1.165, 1.54) is 24.1 Å². The molecule has 2 rings (SSSR count). The Morgan fingerprint density at radius 1 is 1.31 bits per heavy atom. The monoisotopic (exact) mass is 413 g/mol. The molecular weight excluding hydrogens is 391 g/mol. The first-order chi connectivity index (χ1) is 13.6. The molecule has 10 heteroatoms. The number of methoxy groups -OCH3 is 1. The number of nitrogens with one attached hydrogen (secondary N) is 1. The van der Waals surface area contributed by atoms with Crippen molar-refractivity contribution in [3.8, 4) is 0 Å². The number of esters is 1. The van der Waals surface area contributed by atoms with E-state index in [-0.39, 0.29) is 29.7 Å². The third kappa shape index (κ3) is 6.51. The minimum Gasteiger partial charge on any atom is -0.464 e. The molecule has 0 bridgehead atoms. The zero-order valence-electron chi connectivity index (χ0n) is 16.2. The zero-order chi connectivity index (χ0) is 21.6. The highest BCUT2D eigenvalue weighted by Crippen LogP contribution is 2.30. The number of aromatic nitrogens is 1. The number of ether oxygens (including phenoxy) is 1. The number of nitrogens with zero attached hydrogens (tertiary/aromatic N) is 2. The lowest BCUT2D eigenvalue weighted by molar-refractivity contribution is -0.137. The van der Waals surface area contributed by atoms with Crippen molar-refractivity contribution in [3.05, 3.63) is 47.7 Å². The Morgan fingerprint density at radius 2 is 2.03 bits per heavy atom. The number of benzene rings is 1.